The third-order valence-electron chi connectivity index (χ3n) is 3.08. The fourth-order valence-corrected chi connectivity index (χ4v) is 2.81. The zero-order valence-corrected chi connectivity index (χ0v) is 13.0. The van der Waals surface area contributed by atoms with E-state index >= 15 is 0 Å². The summed E-state index contributed by atoms with van der Waals surface area (Å²) < 4.78 is 49.4. The van der Waals surface area contributed by atoms with Crippen molar-refractivity contribution in [3.8, 4) is 0 Å². The Kier molecular flexibility index (Phi) is 5.55. The molecule has 0 aliphatic rings. The van der Waals surface area contributed by atoms with E-state index in [0.717, 1.165) is 6.07 Å². The van der Waals surface area contributed by atoms with Gasteiger partial charge in [0.25, 0.3) is 5.91 Å². The van der Waals surface area contributed by atoms with Gasteiger partial charge in [0, 0.05) is 18.8 Å². The highest BCUT2D eigenvalue weighted by molar-refractivity contribution is 7.86. The number of carbonyl (C=O) groups excluding carboxylic acids is 1. The number of rotatable bonds is 5. The first kappa shape index (κ1) is 17.9. The number of amides is 1. The Morgan fingerprint density at radius 1 is 1.21 bits per heavy atom. The number of pyridine rings is 1. The highest BCUT2D eigenvalue weighted by atomic mass is 32.2. The van der Waals surface area contributed by atoms with Crippen molar-refractivity contribution in [2.24, 2.45) is 0 Å². The molecule has 0 radical (unpaired) electrons. The molecule has 0 saturated carbocycles. The van der Waals surface area contributed by atoms with E-state index in [9.17, 15) is 27.0 Å². The quantitative estimate of drug-likeness (QED) is 0.858. The number of H-pyrrole nitrogens is 1. The van der Waals surface area contributed by atoms with E-state index in [0.29, 0.717) is 12.0 Å². The lowest BCUT2D eigenvalue weighted by molar-refractivity contribution is -0.0384. The predicted octanol–water partition coefficient (Wildman–Crippen LogP) is 1.97. The number of hydrogen-bond acceptors (Lipinski definition) is 3. The van der Waals surface area contributed by atoms with Crippen LogP contribution < -0.4 is 10.9 Å². The highest BCUT2D eigenvalue weighted by Gasteiger charge is 2.39. The van der Waals surface area contributed by atoms with Gasteiger partial charge in [-0.3, -0.25) is 9.59 Å². The maximum Gasteiger partial charge on any atom is 0.475 e. The second-order valence-corrected chi connectivity index (χ2v) is 6.22. The molecular formula is C15H13F3N2O3S. The zero-order chi connectivity index (χ0) is 17.7. The van der Waals surface area contributed by atoms with E-state index in [-0.39, 0.29) is 17.7 Å². The molecule has 2 rings (SSSR count). The molecule has 128 valence electrons. The largest absolute Gasteiger partial charge is 0.475 e. The third-order valence-corrected chi connectivity index (χ3v) is 4.26. The monoisotopic (exact) mass is 358 g/mol. The van der Waals surface area contributed by atoms with Crippen LogP contribution in [0.4, 0.5) is 13.2 Å². The minimum Gasteiger partial charge on any atom is -0.352 e. The van der Waals surface area contributed by atoms with Crippen LogP contribution in [0.15, 0.2) is 52.3 Å². The molecule has 0 aliphatic carbocycles. The van der Waals surface area contributed by atoms with Crippen LogP contribution in [0.1, 0.15) is 15.9 Å². The van der Waals surface area contributed by atoms with Crippen LogP contribution >= 0.6 is 0 Å². The highest BCUT2D eigenvalue weighted by Crippen LogP contribution is 2.28. The number of aromatic amines is 1. The van der Waals surface area contributed by atoms with Crippen LogP contribution in [0, 0.1) is 0 Å². The summed E-state index contributed by atoms with van der Waals surface area (Å²) in [5.41, 5.74) is -4.85. The Morgan fingerprint density at radius 3 is 2.58 bits per heavy atom. The summed E-state index contributed by atoms with van der Waals surface area (Å²) in [6.07, 6.45) is 1.79. The summed E-state index contributed by atoms with van der Waals surface area (Å²) in [7, 11) is -3.28. The van der Waals surface area contributed by atoms with Gasteiger partial charge in [0.2, 0.25) is 5.56 Å². The molecule has 0 bridgehead atoms. The molecule has 1 atom stereocenters. The second kappa shape index (κ2) is 7.43. The fourth-order valence-electron chi connectivity index (χ4n) is 2.00. The molecule has 1 heterocycles. The van der Waals surface area contributed by atoms with Crippen molar-refractivity contribution in [1.29, 1.82) is 0 Å². The molecule has 2 aromatic rings. The van der Waals surface area contributed by atoms with Crippen molar-refractivity contribution in [3.05, 3.63) is 64.1 Å². The number of halogens is 3. The first-order valence-corrected chi connectivity index (χ1v) is 7.97. The Bertz CT molecular complexity index is 818. The summed E-state index contributed by atoms with van der Waals surface area (Å²) in [6.45, 7) is 0.120. The number of carbonyl (C=O) groups is 1. The number of benzene rings is 1. The minimum atomic E-state index is -4.94. The Balaban J connectivity index is 2.08. The molecule has 1 aromatic carbocycles. The van der Waals surface area contributed by atoms with Gasteiger partial charge >= 0.3 is 5.51 Å². The first-order chi connectivity index (χ1) is 11.3. The van der Waals surface area contributed by atoms with E-state index in [1.807, 2.05) is 0 Å². The van der Waals surface area contributed by atoms with Crippen LogP contribution in [0.5, 0.6) is 0 Å². The Labute approximate surface area is 137 Å². The summed E-state index contributed by atoms with van der Waals surface area (Å²) in [5, 5.41) is 2.46. The van der Waals surface area contributed by atoms with E-state index in [1.165, 1.54) is 30.5 Å². The summed E-state index contributed by atoms with van der Waals surface area (Å²) in [4.78, 5) is 25.1. The molecule has 24 heavy (non-hydrogen) atoms. The van der Waals surface area contributed by atoms with Crippen LogP contribution in [-0.4, -0.2) is 27.2 Å². The Hall–Kier alpha value is -2.42. The molecule has 1 amide bonds. The van der Waals surface area contributed by atoms with Gasteiger partial charge in [-0.05, 0) is 30.2 Å². The first-order valence-electron chi connectivity index (χ1n) is 6.82. The van der Waals surface area contributed by atoms with Crippen LogP contribution in [0.3, 0.4) is 0 Å². The van der Waals surface area contributed by atoms with Crippen LogP contribution in [0.25, 0.3) is 0 Å². The van der Waals surface area contributed by atoms with Gasteiger partial charge in [0.05, 0.1) is 10.5 Å². The van der Waals surface area contributed by atoms with Gasteiger partial charge in [0.15, 0.2) is 10.8 Å². The summed E-state index contributed by atoms with van der Waals surface area (Å²) >= 11 is 0. The molecule has 0 spiro atoms. The lowest BCUT2D eigenvalue weighted by Gasteiger charge is -2.11. The van der Waals surface area contributed by atoms with Crippen molar-refractivity contribution in [2.75, 3.05) is 6.54 Å². The van der Waals surface area contributed by atoms with Gasteiger partial charge in [-0.2, -0.15) is 13.2 Å². The molecule has 2 N–H and O–H groups in total. The normalized spacial score (nSPS) is 12.6. The minimum absolute atomic E-state index is 0.120. The standard InChI is InChI=1S/C15H13F3N2O3S/c16-15(17,18)24(23)12-4-2-1-3-11(12)14(22)20-8-6-10-5-7-19-13(21)9-10/h1-5,7,9H,6,8H2,(H,19,21)(H,20,22). The molecule has 0 saturated heterocycles. The van der Waals surface area contributed by atoms with Gasteiger partial charge in [0.1, 0.15) is 0 Å². The molecule has 1 aromatic heterocycles. The van der Waals surface area contributed by atoms with Gasteiger partial charge in [-0.25, -0.2) is 4.21 Å². The molecule has 0 fully saturated rings. The van der Waals surface area contributed by atoms with Crippen molar-refractivity contribution < 1.29 is 22.2 Å². The molecule has 1 unspecified atom stereocenters. The summed E-state index contributed by atoms with van der Waals surface area (Å²) in [6, 6.07) is 7.88. The van der Waals surface area contributed by atoms with Crippen molar-refractivity contribution in [2.45, 2.75) is 16.8 Å². The van der Waals surface area contributed by atoms with Crippen molar-refractivity contribution in [3.63, 3.8) is 0 Å². The van der Waals surface area contributed by atoms with Crippen LogP contribution in [-0.2, 0) is 17.2 Å². The lowest BCUT2D eigenvalue weighted by Crippen LogP contribution is -2.28. The zero-order valence-electron chi connectivity index (χ0n) is 12.2. The van der Waals surface area contributed by atoms with Crippen molar-refractivity contribution in [1.82, 2.24) is 10.3 Å². The number of aromatic nitrogens is 1. The lowest BCUT2D eigenvalue weighted by atomic mass is 10.2. The smallest absolute Gasteiger partial charge is 0.352 e. The van der Waals surface area contributed by atoms with E-state index in [1.54, 1.807) is 6.07 Å². The second-order valence-electron chi connectivity index (χ2n) is 4.78. The van der Waals surface area contributed by atoms with Crippen LogP contribution in [0.2, 0.25) is 0 Å². The van der Waals surface area contributed by atoms with Gasteiger partial charge in [-0.15, -0.1) is 0 Å². The molecule has 9 heteroatoms. The van der Waals surface area contributed by atoms with Gasteiger partial charge in [-0.1, -0.05) is 12.1 Å². The fraction of sp³-hybridized carbons (Fsp3) is 0.200. The number of hydrogen-bond donors (Lipinski definition) is 2. The maximum absolute atomic E-state index is 12.6. The van der Waals surface area contributed by atoms with Gasteiger partial charge < -0.3 is 10.3 Å². The third kappa shape index (κ3) is 4.54. The average Bonchev–Trinajstić information content (AvgIpc) is 2.53. The average molecular weight is 358 g/mol. The SMILES string of the molecule is O=C(NCCc1cc[nH]c(=O)c1)c1ccccc1S(=O)C(F)(F)F. The molecular weight excluding hydrogens is 345 g/mol. The van der Waals surface area contributed by atoms with E-state index in [4.69, 9.17) is 0 Å². The number of nitrogens with one attached hydrogen (secondary N) is 2. The van der Waals surface area contributed by atoms with Crippen molar-refractivity contribution >= 4 is 16.7 Å². The topological polar surface area (TPSA) is 79.0 Å². The summed E-state index contributed by atoms with van der Waals surface area (Å²) in [5.74, 6) is -0.756. The van der Waals surface area contributed by atoms with E-state index < -0.39 is 27.1 Å². The van der Waals surface area contributed by atoms with E-state index in [2.05, 4.69) is 10.3 Å². The molecule has 0 aliphatic heterocycles. The number of alkyl halides is 3. The maximum atomic E-state index is 12.6. The Morgan fingerprint density at radius 2 is 1.92 bits per heavy atom. The predicted molar refractivity (Wildman–Crippen MR) is 82.0 cm³/mol. The molecule has 5 nitrogen and oxygen atoms in total.